The SMILES string of the molecule is O=C(c1cccnn1)N1C[C@@H](c2ccc(F)cc2)[C@@H]2[C@H]1C1CCN2CC1. The maximum Gasteiger partial charge on any atom is 0.274 e. The quantitative estimate of drug-likeness (QED) is 0.832. The van der Waals surface area contributed by atoms with Gasteiger partial charge in [-0.3, -0.25) is 9.69 Å². The summed E-state index contributed by atoms with van der Waals surface area (Å²) in [6.45, 7) is 2.84. The number of rotatable bonds is 2. The van der Waals surface area contributed by atoms with Crippen LogP contribution in [0.25, 0.3) is 0 Å². The minimum Gasteiger partial charge on any atom is -0.332 e. The molecule has 4 aliphatic heterocycles. The van der Waals surface area contributed by atoms with Crippen LogP contribution in [0.3, 0.4) is 0 Å². The Morgan fingerprint density at radius 3 is 2.54 bits per heavy atom. The molecule has 0 unspecified atom stereocenters. The topological polar surface area (TPSA) is 49.3 Å². The number of halogens is 1. The van der Waals surface area contributed by atoms with E-state index in [1.165, 1.54) is 12.1 Å². The normalized spacial score (nSPS) is 32.5. The molecule has 0 N–H and O–H groups in total. The van der Waals surface area contributed by atoms with Gasteiger partial charge >= 0.3 is 0 Å². The van der Waals surface area contributed by atoms with Gasteiger partial charge in [0.2, 0.25) is 0 Å². The summed E-state index contributed by atoms with van der Waals surface area (Å²) in [6.07, 6.45) is 3.86. The maximum absolute atomic E-state index is 13.4. The van der Waals surface area contributed by atoms with Gasteiger partial charge in [-0.25, -0.2) is 4.39 Å². The number of piperidine rings is 3. The molecule has 3 atom stereocenters. The first-order chi connectivity index (χ1) is 12.7. The molecule has 4 fully saturated rings. The molecule has 4 aliphatic rings. The van der Waals surface area contributed by atoms with E-state index in [0.717, 1.165) is 31.5 Å². The number of amides is 1. The maximum atomic E-state index is 13.4. The average molecular weight is 352 g/mol. The minimum atomic E-state index is -0.221. The number of hydrogen-bond donors (Lipinski definition) is 0. The molecule has 1 aromatic carbocycles. The van der Waals surface area contributed by atoms with Crippen molar-refractivity contribution in [1.29, 1.82) is 0 Å². The zero-order valence-electron chi connectivity index (χ0n) is 14.5. The number of hydrogen-bond acceptors (Lipinski definition) is 4. The smallest absolute Gasteiger partial charge is 0.274 e. The van der Waals surface area contributed by atoms with Crippen LogP contribution in [0.2, 0.25) is 0 Å². The predicted molar refractivity (Wildman–Crippen MR) is 94.1 cm³/mol. The van der Waals surface area contributed by atoms with Crippen LogP contribution in [0.1, 0.15) is 34.8 Å². The van der Waals surface area contributed by atoms with Crippen molar-refractivity contribution >= 4 is 5.91 Å². The Hall–Kier alpha value is -2.34. The highest BCUT2D eigenvalue weighted by Crippen LogP contribution is 2.46. The fraction of sp³-hybridized carbons (Fsp3) is 0.450. The van der Waals surface area contributed by atoms with Gasteiger partial charge in [0.15, 0.2) is 5.69 Å². The number of aromatic nitrogens is 2. The van der Waals surface area contributed by atoms with Gasteiger partial charge in [-0.05, 0) is 61.7 Å². The molecule has 134 valence electrons. The van der Waals surface area contributed by atoms with E-state index in [1.807, 2.05) is 17.0 Å². The van der Waals surface area contributed by atoms with Crippen LogP contribution in [0, 0.1) is 11.7 Å². The molecule has 6 rings (SSSR count). The summed E-state index contributed by atoms with van der Waals surface area (Å²) >= 11 is 0. The Balaban J connectivity index is 1.52. The molecule has 1 amide bonds. The summed E-state index contributed by atoms with van der Waals surface area (Å²) in [6, 6.07) is 10.8. The fourth-order valence-corrected chi connectivity index (χ4v) is 5.22. The van der Waals surface area contributed by atoms with Crippen molar-refractivity contribution in [2.75, 3.05) is 19.6 Å². The van der Waals surface area contributed by atoms with Gasteiger partial charge in [-0.15, -0.1) is 5.10 Å². The largest absolute Gasteiger partial charge is 0.332 e. The van der Waals surface area contributed by atoms with Gasteiger partial charge in [0, 0.05) is 24.7 Å². The summed E-state index contributed by atoms with van der Waals surface area (Å²) < 4.78 is 13.4. The molecule has 0 radical (unpaired) electrons. The van der Waals surface area contributed by atoms with Crippen molar-refractivity contribution in [1.82, 2.24) is 20.0 Å². The second-order valence-electron chi connectivity index (χ2n) is 7.58. The number of likely N-dealkylation sites (tertiary alicyclic amines) is 1. The highest BCUT2D eigenvalue weighted by molar-refractivity contribution is 5.92. The molecule has 2 aromatic rings. The van der Waals surface area contributed by atoms with E-state index < -0.39 is 0 Å². The van der Waals surface area contributed by atoms with Crippen molar-refractivity contribution in [3.05, 3.63) is 59.7 Å². The van der Waals surface area contributed by atoms with Gasteiger partial charge in [-0.1, -0.05) is 12.1 Å². The van der Waals surface area contributed by atoms with E-state index in [2.05, 4.69) is 15.1 Å². The molecule has 0 aliphatic carbocycles. The number of carbonyl (C=O) groups is 1. The van der Waals surface area contributed by atoms with Crippen LogP contribution >= 0.6 is 0 Å². The Morgan fingerprint density at radius 2 is 1.85 bits per heavy atom. The van der Waals surface area contributed by atoms with Crippen molar-refractivity contribution < 1.29 is 9.18 Å². The number of carbonyl (C=O) groups excluding carboxylic acids is 1. The van der Waals surface area contributed by atoms with Gasteiger partial charge in [-0.2, -0.15) is 5.10 Å². The lowest BCUT2D eigenvalue weighted by Gasteiger charge is -2.51. The third-order valence-corrected chi connectivity index (χ3v) is 6.34. The first-order valence-corrected chi connectivity index (χ1v) is 9.30. The van der Waals surface area contributed by atoms with Crippen molar-refractivity contribution in [3.63, 3.8) is 0 Å². The first-order valence-electron chi connectivity index (χ1n) is 9.30. The Morgan fingerprint density at radius 1 is 1.08 bits per heavy atom. The van der Waals surface area contributed by atoms with Crippen molar-refractivity contribution in [3.8, 4) is 0 Å². The predicted octanol–water partition coefficient (Wildman–Crippen LogP) is 2.32. The van der Waals surface area contributed by atoms with E-state index in [1.54, 1.807) is 18.3 Å². The van der Waals surface area contributed by atoms with Gasteiger partial charge in [0.25, 0.3) is 5.91 Å². The molecule has 6 heteroatoms. The van der Waals surface area contributed by atoms with Crippen LogP contribution < -0.4 is 0 Å². The van der Waals surface area contributed by atoms with E-state index in [0.29, 0.717) is 24.2 Å². The highest BCUT2D eigenvalue weighted by Gasteiger charge is 2.54. The van der Waals surface area contributed by atoms with Gasteiger partial charge in [0.1, 0.15) is 5.82 Å². The molecule has 1 aromatic heterocycles. The highest BCUT2D eigenvalue weighted by atomic mass is 19.1. The Labute approximate surface area is 151 Å². The molecule has 5 nitrogen and oxygen atoms in total. The Kier molecular flexibility index (Phi) is 3.74. The summed E-state index contributed by atoms with van der Waals surface area (Å²) in [7, 11) is 0. The van der Waals surface area contributed by atoms with Crippen molar-refractivity contribution in [2.45, 2.75) is 30.8 Å². The second kappa shape index (κ2) is 6.13. The summed E-state index contributed by atoms with van der Waals surface area (Å²) in [4.78, 5) is 17.7. The number of fused-ring (bicyclic) bond motifs is 2. The lowest BCUT2D eigenvalue weighted by molar-refractivity contribution is -0.00361. The van der Waals surface area contributed by atoms with E-state index in [9.17, 15) is 9.18 Å². The standard InChI is InChI=1S/C20H21FN4O/c21-15-5-3-13(4-6-15)16-12-25(20(26)17-2-1-9-22-23-17)18-14-7-10-24(11-8-14)19(16)18/h1-6,9,14,16,18-19H,7-8,10-12H2/t16-,18+,19+/m0/s1. The molecule has 5 heterocycles. The number of benzene rings is 1. The lowest BCUT2D eigenvalue weighted by atomic mass is 9.75. The van der Waals surface area contributed by atoms with Gasteiger partial charge < -0.3 is 4.90 Å². The van der Waals surface area contributed by atoms with Crippen molar-refractivity contribution in [2.24, 2.45) is 5.92 Å². The Bertz CT molecular complexity index is 804. The number of nitrogens with zero attached hydrogens (tertiary/aromatic N) is 4. The molecule has 0 saturated carbocycles. The second-order valence-corrected chi connectivity index (χ2v) is 7.58. The van der Waals surface area contributed by atoms with E-state index in [4.69, 9.17) is 0 Å². The fourth-order valence-electron chi connectivity index (χ4n) is 5.22. The molecular formula is C20H21FN4O. The lowest BCUT2D eigenvalue weighted by Crippen LogP contribution is -2.60. The minimum absolute atomic E-state index is 0.0357. The van der Waals surface area contributed by atoms with Crippen LogP contribution in [-0.4, -0.2) is 57.6 Å². The summed E-state index contributed by atoms with van der Waals surface area (Å²) in [5.74, 6) is 0.494. The molecular weight excluding hydrogens is 331 g/mol. The average Bonchev–Trinajstić information content (AvgIpc) is 3.12. The van der Waals surface area contributed by atoms with Crippen LogP contribution in [0.5, 0.6) is 0 Å². The third kappa shape index (κ3) is 2.43. The third-order valence-electron chi connectivity index (χ3n) is 6.34. The van der Waals surface area contributed by atoms with E-state index in [-0.39, 0.29) is 23.7 Å². The monoisotopic (exact) mass is 352 g/mol. The van der Waals surface area contributed by atoms with Crippen LogP contribution in [0.4, 0.5) is 4.39 Å². The molecule has 4 saturated heterocycles. The van der Waals surface area contributed by atoms with Crippen LogP contribution in [-0.2, 0) is 0 Å². The zero-order valence-corrected chi connectivity index (χ0v) is 14.5. The van der Waals surface area contributed by atoms with Crippen LogP contribution in [0.15, 0.2) is 42.6 Å². The van der Waals surface area contributed by atoms with Gasteiger partial charge in [0.05, 0.1) is 6.04 Å². The van der Waals surface area contributed by atoms with E-state index >= 15 is 0 Å². The summed E-state index contributed by atoms with van der Waals surface area (Å²) in [5, 5.41) is 7.89. The summed E-state index contributed by atoms with van der Waals surface area (Å²) in [5.41, 5.74) is 1.52. The first kappa shape index (κ1) is 15.9. The molecule has 0 spiro atoms. The molecule has 2 bridgehead atoms. The zero-order chi connectivity index (χ0) is 17.7. The molecule has 26 heavy (non-hydrogen) atoms.